The van der Waals surface area contributed by atoms with Gasteiger partial charge in [-0.2, -0.15) is 0 Å². The van der Waals surface area contributed by atoms with Gasteiger partial charge in [-0.3, -0.25) is 9.97 Å². The smallest absolute Gasteiger partial charge is 0.145 e. The number of aryl methyl sites for hydroxylation is 1. The van der Waals surface area contributed by atoms with Crippen LogP contribution in [-0.2, 0) is 0 Å². The zero-order valence-corrected chi connectivity index (χ0v) is 9.44. The van der Waals surface area contributed by atoms with Gasteiger partial charge in [0.2, 0.25) is 0 Å². The standard InChI is InChI=1S/C12H14N4/c1-3-15-12-8-14-7-11(16-12)10-6-13-5-4-9(10)2/h4-8H,3H2,1-2H3,(H,15,16). The van der Waals surface area contributed by atoms with Crippen molar-refractivity contribution in [3.63, 3.8) is 0 Å². The third kappa shape index (κ3) is 2.16. The molecule has 2 aromatic heterocycles. The van der Waals surface area contributed by atoms with Crippen molar-refractivity contribution in [1.82, 2.24) is 15.0 Å². The van der Waals surface area contributed by atoms with Crippen molar-refractivity contribution in [1.29, 1.82) is 0 Å². The Balaban J connectivity index is 2.40. The first-order valence-electron chi connectivity index (χ1n) is 5.28. The predicted molar refractivity (Wildman–Crippen MR) is 64.2 cm³/mol. The lowest BCUT2D eigenvalue weighted by atomic mass is 10.1. The van der Waals surface area contributed by atoms with E-state index in [1.165, 1.54) is 0 Å². The van der Waals surface area contributed by atoms with Crippen LogP contribution in [0.5, 0.6) is 0 Å². The van der Waals surface area contributed by atoms with Gasteiger partial charge in [0.15, 0.2) is 0 Å². The second kappa shape index (κ2) is 4.70. The highest BCUT2D eigenvalue weighted by molar-refractivity contribution is 5.62. The lowest BCUT2D eigenvalue weighted by molar-refractivity contribution is 1.12. The molecule has 2 aromatic rings. The van der Waals surface area contributed by atoms with Crippen LogP contribution in [0, 0.1) is 6.92 Å². The number of nitrogens with one attached hydrogen (secondary N) is 1. The Morgan fingerprint density at radius 3 is 2.81 bits per heavy atom. The summed E-state index contributed by atoms with van der Waals surface area (Å²) in [6, 6.07) is 1.97. The second-order valence-electron chi connectivity index (χ2n) is 3.51. The molecule has 0 aromatic carbocycles. The van der Waals surface area contributed by atoms with Crippen LogP contribution in [0.15, 0.2) is 30.9 Å². The molecule has 0 atom stereocenters. The molecule has 0 fully saturated rings. The lowest BCUT2D eigenvalue weighted by Crippen LogP contribution is -2.01. The topological polar surface area (TPSA) is 50.7 Å². The molecule has 16 heavy (non-hydrogen) atoms. The first kappa shape index (κ1) is 10.5. The maximum absolute atomic E-state index is 4.48. The summed E-state index contributed by atoms with van der Waals surface area (Å²) in [5.74, 6) is 0.795. The summed E-state index contributed by atoms with van der Waals surface area (Å²) in [6.07, 6.45) is 7.07. The van der Waals surface area contributed by atoms with Crippen molar-refractivity contribution in [2.45, 2.75) is 13.8 Å². The largest absolute Gasteiger partial charge is 0.369 e. The molecule has 0 aliphatic carbocycles. The highest BCUT2D eigenvalue weighted by Gasteiger charge is 2.04. The molecule has 82 valence electrons. The van der Waals surface area contributed by atoms with Gasteiger partial charge in [-0.15, -0.1) is 0 Å². The predicted octanol–water partition coefficient (Wildman–Crippen LogP) is 2.28. The minimum atomic E-state index is 0.795. The Hall–Kier alpha value is -1.97. The summed E-state index contributed by atoms with van der Waals surface area (Å²) in [5, 5.41) is 3.14. The molecule has 0 bridgehead atoms. The Morgan fingerprint density at radius 2 is 2.06 bits per heavy atom. The van der Waals surface area contributed by atoms with Crippen LogP contribution in [0.4, 0.5) is 5.82 Å². The van der Waals surface area contributed by atoms with Crippen molar-refractivity contribution in [3.05, 3.63) is 36.4 Å². The van der Waals surface area contributed by atoms with Crippen molar-refractivity contribution in [3.8, 4) is 11.3 Å². The van der Waals surface area contributed by atoms with Crippen LogP contribution >= 0.6 is 0 Å². The van der Waals surface area contributed by atoms with Gasteiger partial charge in [-0.05, 0) is 25.5 Å². The molecule has 1 N–H and O–H groups in total. The van der Waals surface area contributed by atoms with E-state index in [-0.39, 0.29) is 0 Å². The lowest BCUT2D eigenvalue weighted by Gasteiger charge is -2.06. The van der Waals surface area contributed by atoms with Gasteiger partial charge >= 0.3 is 0 Å². The quantitative estimate of drug-likeness (QED) is 0.851. The molecular formula is C12H14N4. The third-order valence-corrected chi connectivity index (χ3v) is 2.31. The number of rotatable bonds is 3. The van der Waals surface area contributed by atoms with Gasteiger partial charge in [0.05, 0.1) is 18.1 Å². The highest BCUT2D eigenvalue weighted by atomic mass is 15.0. The first-order valence-corrected chi connectivity index (χ1v) is 5.28. The Bertz CT molecular complexity index is 482. The molecule has 0 radical (unpaired) electrons. The van der Waals surface area contributed by atoms with Gasteiger partial charge in [0.1, 0.15) is 5.82 Å². The average molecular weight is 214 g/mol. The summed E-state index contributed by atoms with van der Waals surface area (Å²) in [6.45, 7) is 4.91. The van der Waals surface area contributed by atoms with Crippen molar-refractivity contribution >= 4 is 5.82 Å². The zero-order valence-electron chi connectivity index (χ0n) is 9.44. The number of anilines is 1. The van der Waals surface area contributed by atoms with Gasteiger partial charge in [-0.25, -0.2) is 4.98 Å². The van der Waals surface area contributed by atoms with E-state index in [0.29, 0.717) is 0 Å². The van der Waals surface area contributed by atoms with Gasteiger partial charge in [0, 0.05) is 24.5 Å². The Morgan fingerprint density at radius 1 is 1.19 bits per heavy atom. The van der Waals surface area contributed by atoms with E-state index in [1.807, 2.05) is 26.1 Å². The van der Waals surface area contributed by atoms with Crippen LogP contribution in [0.2, 0.25) is 0 Å². The second-order valence-corrected chi connectivity index (χ2v) is 3.51. The van der Waals surface area contributed by atoms with E-state index >= 15 is 0 Å². The molecule has 0 unspecified atom stereocenters. The first-order chi connectivity index (χ1) is 7.81. The molecule has 4 nitrogen and oxygen atoms in total. The molecule has 4 heteroatoms. The van der Waals surface area contributed by atoms with E-state index in [0.717, 1.165) is 29.2 Å². The molecule has 2 heterocycles. The van der Waals surface area contributed by atoms with Crippen LogP contribution < -0.4 is 5.32 Å². The fourth-order valence-electron chi connectivity index (χ4n) is 1.49. The fourth-order valence-corrected chi connectivity index (χ4v) is 1.49. The van der Waals surface area contributed by atoms with Gasteiger partial charge in [-0.1, -0.05) is 0 Å². The zero-order chi connectivity index (χ0) is 11.4. The summed E-state index contributed by atoms with van der Waals surface area (Å²) >= 11 is 0. The van der Waals surface area contributed by atoms with Crippen LogP contribution in [-0.4, -0.2) is 21.5 Å². The monoisotopic (exact) mass is 214 g/mol. The van der Waals surface area contributed by atoms with E-state index in [4.69, 9.17) is 0 Å². The normalized spacial score (nSPS) is 10.1. The molecule has 0 spiro atoms. The number of hydrogen-bond donors (Lipinski definition) is 1. The minimum Gasteiger partial charge on any atom is -0.369 e. The average Bonchev–Trinajstić information content (AvgIpc) is 2.30. The summed E-state index contributed by atoms with van der Waals surface area (Å²) < 4.78 is 0. The van der Waals surface area contributed by atoms with Gasteiger partial charge in [0.25, 0.3) is 0 Å². The maximum Gasteiger partial charge on any atom is 0.145 e. The van der Waals surface area contributed by atoms with Crippen molar-refractivity contribution in [2.24, 2.45) is 0 Å². The number of nitrogens with zero attached hydrogens (tertiary/aromatic N) is 3. The summed E-state index contributed by atoms with van der Waals surface area (Å²) in [7, 11) is 0. The van der Waals surface area contributed by atoms with Crippen LogP contribution in [0.25, 0.3) is 11.3 Å². The van der Waals surface area contributed by atoms with Gasteiger partial charge < -0.3 is 5.32 Å². The van der Waals surface area contributed by atoms with E-state index < -0.39 is 0 Å². The SMILES string of the molecule is CCNc1cncc(-c2cnccc2C)n1. The molecule has 0 amide bonds. The minimum absolute atomic E-state index is 0.795. The molecule has 0 saturated carbocycles. The Labute approximate surface area is 94.8 Å². The molecule has 0 aliphatic heterocycles. The molecular weight excluding hydrogens is 200 g/mol. The van der Waals surface area contributed by atoms with Crippen LogP contribution in [0.3, 0.4) is 0 Å². The number of aromatic nitrogens is 3. The third-order valence-electron chi connectivity index (χ3n) is 2.31. The van der Waals surface area contributed by atoms with Crippen LogP contribution in [0.1, 0.15) is 12.5 Å². The van der Waals surface area contributed by atoms with E-state index in [9.17, 15) is 0 Å². The summed E-state index contributed by atoms with van der Waals surface area (Å²) in [4.78, 5) is 12.8. The van der Waals surface area contributed by atoms with Crippen molar-refractivity contribution < 1.29 is 0 Å². The molecule has 0 aliphatic rings. The number of hydrogen-bond acceptors (Lipinski definition) is 4. The van der Waals surface area contributed by atoms with E-state index in [1.54, 1.807) is 18.6 Å². The summed E-state index contributed by atoms with van der Waals surface area (Å²) in [5.41, 5.74) is 3.02. The Kier molecular flexibility index (Phi) is 3.10. The molecule has 0 saturated heterocycles. The highest BCUT2D eigenvalue weighted by Crippen LogP contribution is 2.20. The fraction of sp³-hybridized carbons (Fsp3) is 0.250. The maximum atomic E-state index is 4.48. The van der Waals surface area contributed by atoms with Crippen molar-refractivity contribution in [2.75, 3.05) is 11.9 Å². The molecule has 2 rings (SSSR count). The van der Waals surface area contributed by atoms with E-state index in [2.05, 4.69) is 20.3 Å². The number of pyridine rings is 1.